The van der Waals surface area contributed by atoms with Gasteiger partial charge in [0.2, 0.25) is 0 Å². The van der Waals surface area contributed by atoms with Crippen LogP contribution in [-0.4, -0.2) is 11.1 Å². The predicted octanol–water partition coefficient (Wildman–Crippen LogP) is 2.92. The van der Waals surface area contributed by atoms with Gasteiger partial charge in [0.05, 0.1) is 29.2 Å². The molecule has 108 valence electrons. The SMILES string of the molecule is N#Cc1ccccc1CC(Cc1ccccc1C#N)C(=O)O. The van der Waals surface area contributed by atoms with Crippen molar-refractivity contribution < 1.29 is 9.90 Å². The summed E-state index contributed by atoms with van der Waals surface area (Å²) < 4.78 is 0. The monoisotopic (exact) mass is 290 g/mol. The Hall–Kier alpha value is -3.11. The summed E-state index contributed by atoms with van der Waals surface area (Å²) in [5, 5.41) is 27.7. The number of nitriles is 2. The average molecular weight is 290 g/mol. The molecule has 2 aromatic carbocycles. The van der Waals surface area contributed by atoms with Crippen LogP contribution in [0.1, 0.15) is 22.3 Å². The van der Waals surface area contributed by atoms with Crippen LogP contribution >= 0.6 is 0 Å². The van der Waals surface area contributed by atoms with E-state index in [2.05, 4.69) is 12.1 Å². The van der Waals surface area contributed by atoms with Crippen LogP contribution in [0.25, 0.3) is 0 Å². The normalized spacial score (nSPS) is 9.95. The lowest BCUT2D eigenvalue weighted by Crippen LogP contribution is -2.20. The van der Waals surface area contributed by atoms with Crippen molar-refractivity contribution in [3.8, 4) is 12.1 Å². The molecular formula is C18H14N2O2. The topological polar surface area (TPSA) is 84.9 Å². The first-order valence-corrected chi connectivity index (χ1v) is 6.84. The number of nitrogens with zero attached hydrogens (tertiary/aromatic N) is 2. The van der Waals surface area contributed by atoms with E-state index < -0.39 is 11.9 Å². The molecule has 0 radical (unpaired) electrons. The zero-order valence-electron chi connectivity index (χ0n) is 11.9. The lowest BCUT2D eigenvalue weighted by atomic mass is 9.89. The van der Waals surface area contributed by atoms with E-state index in [1.165, 1.54) is 0 Å². The molecule has 0 aromatic heterocycles. The second kappa shape index (κ2) is 7.06. The Morgan fingerprint density at radius 2 is 1.32 bits per heavy atom. The molecule has 0 saturated heterocycles. The van der Waals surface area contributed by atoms with Gasteiger partial charge in [-0.25, -0.2) is 0 Å². The molecule has 0 heterocycles. The molecule has 0 saturated carbocycles. The summed E-state index contributed by atoms with van der Waals surface area (Å²) in [7, 11) is 0. The van der Waals surface area contributed by atoms with Crippen molar-refractivity contribution in [2.24, 2.45) is 5.92 Å². The van der Waals surface area contributed by atoms with Crippen LogP contribution < -0.4 is 0 Å². The first-order valence-electron chi connectivity index (χ1n) is 6.84. The van der Waals surface area contributed by atoms with Crippen molar-refractivity contribution in [1.82, 2.24) is 0 Å². The van der Waals surface area contributed by atoms with Crippen LogP contribution in [0, 0.1) is 28.6 Å². The van der Waals surface area contributed by atoms with Crippen LogP contribution in [0.4, 0.5) is 0 Å². The van der Waals surface area contributed by atoms with Crippen molar-refractivity contribution in [1.29, 1.82) is 10.5 Å². The number of benzene rings is 2. The second-order valence-corrected chi connectivity index (χ2v) is 4.98. The number of hydrogen-bond donors (Lipinski definition) is 1. The standard InChI is InChI=1S/C18H14N2O2/c19-11-15-7-3-1-5-13(15)9-17(18(21)22)10-14-6-2-4-8-16(14)12-20/h1-8,17H,9-10H2,(H,21,22). The maximum atomic E-state index is 11.5. The fraction of sp³-hybridized carbons (Fsp3) is 0.167. The maximum Gasteiger partial charge on any atom is 0.307 e. The number of hydrogen-bond acceptors (Lipinski definition) is 3. The van der Waals surface area contributed by atoms with E-state index in [0.717, 1.165) is 0 Å². The molecule has 0 bridgehead atoms. The van der Waals surface area contributed by atoms with Gasteiger partial charge in [-0.2, -0.15) is 10.5 Å². The van der Waals surface area contributed by atoms with E-state index in [0.29, 0.717) is 22.3 Å². The Morgan fingerprint density at radius 3 is 1.68 bits per heavy atom. The van der Waals surface area contributed by atoms with Crippen molar-refractivity contribution in [3.63, 3.8) is 0 Å². The van der Waals surface area contributed by atoms with Crippen LogP contribution in [0.2, 0.25) is 0 Å². The fourth-order valence-corrected chi connectivity index (χ4v) is 2.39. The van der Waals surface area contributed by atoms with Crippen LogP contribution in [0.5, 0.6) is 0 Å². The molecule has 0 amide bonds. The smallest absolute Gasteiger partial charge is 0.307 e. The second-order valence-electron chi connectivity index (χ2n) is 4.98. The van der Waals surface area contributed by atoms with Gasteiger partial charge in [0, 0.05) is 0 Å². The van der Waals surface area contributed by atoms with E-state index in [1.54, 1.807) is 48.5 Å². The molecular weight excluding hydrogens is 276 g/mol. The quantitative estimate of drug-likeness (QED) is 0.917. The lowest BCUT2D eigenvalue weighted by Gasteiger charge is -2.14. The molecule has 0 atom stereocenters. The Balaban J connectivity index is 2.27. The highest BCUT2D eigenvalue weighted by Gasteiger charge is 2.21. The zero-order valence-corrected chi connectivity index (χ0v) is 11.9. The highest BCUT2D eigenvalue weighted by molar-refractivity contribution is 5.71. The number of carbonyl (C=O) groups is 1. The van der Waals surface area contributed by atoms with E-state index in [-0.39, 0.29) is 12.8 Å². The summed E-state index contributed by atoms with van der Waals surface area (Å²) in [6, 6.07) is 18.1. The lowest BCUT2D eigenvalue weighted by molar-refractivity contribution is -0.141. The van der Waals surface area contributed by atoms with Gasteiger partial charge in [0.1, 0.15) is 0 Å². The number of rotatable bonds is 5. The minimum atomic E-state index is -0.930. The van der Waals surface area contributed by atoms with Crippen molar-refractivity contribution >= 4 is 5.97 Å². The molecule has 0 aliphatic carbocycles. The summed E-state index contributed by atoms with van der Waals surface area (Å²) in [5.41, 5.74) is 2.41. The third-order valence-electron chi connectivity index (χ3n) is 3.56. The molecule has 4 heteroatoms. The molecule has 0 aliphatic heterocycles. The van der Waals surface area contributed by atoms with Gasteiger partial charge >= 0.3 is 5.97 Å². The largest absolute Gasteiger partial charge is 0.481 e. The third kappa shape index (κ3) is 3.50. The first-order chi connectivity index (χ1) is 10.7. The molecule has 4 nitrogen and oxygen atoms in total. The minimum Gasteiger partial charge on any atom is -0.481 e. The summed E-state index contributed by atoms with van der Waals surface area (Å²) in [6.45, 7) is 0. The van der Waals surface area contributed by atoms with Gasteiger partial charge in [-0.3, -0.25) is 4.79 Å². The molecule has 0 fully saturated rings. The van der Waals surface area contributed by atoms with Gasteiger partial charge in [0.25, 0.3) is 0 Å². The fourth-order valence-electron chi connectivity index (χ4n) is 2.39. The first kappa shape index (κ1) is 15.3. The molecule has 0 spiro atoms. The predicted molar refractivity (Wildman–Crippen MR) is 80.8 cm³/mol. The van der Waals surface area contributed by atoms with Crippen molar-refractivity contribution in [2.75, 3.05) is 0 Å². The molecule has 0 aliphatic rings. The molecule has 2 aromatic rings. The van der Waals surface area contributed by atoms with Gasteiger partial charge < -0.3 is 5.11 Å². The van der Waals surface area contributed by atoms with E-state index in [4.69, 9.17) is 10.5 Å². The molecule has 2 rings (SSSR count). The maximum absolute atomic E-state index is 11.5. The molecule has 22 heavy (non-hydrogen) atoms. The summed E-state index contributed by atoms with van der Waals surface area (Å²) in [6.07, 6.45) is 0.525. The Morgan fingerprint density at radius 1 is 0.909 bits per heavy atom. The number of carboxylic acid groups (broad SMARTS) is 1. The number of carboxylic acids is 1. The van der Waals surface area contributed by atoms with Crippen molar-refractivity contribution in [2.45, 2.75) is 12.8 Å². The third-order valence-corrected chi connectivity index (χ3v) is 3.56. The Bertz CT molecular complexity index is 710. The van der Waals surface area contributed by atoms with E-state index in [1.807, 2.05) is 0 Å². The highest BCUT2D eigenvalue weighted by Crippen LogP contribution is 2.19. The minimum absolute atomic E-state index is 0.263. The summed E-state index contributed by atoms with van der Waals surface area (Å²) in [5.74, 6) is -1.61. The van der Waals surface area contributed by atoms with Crippen LogP contribution in [0.15, 0.2) is 48.5 Å². The van der Waals surface area contributed by atoms with Gasteiger partial charge in [0.15, 0.2) is 0 Å². The van der Waals surface area contributed by atoms with Gasteiger partial charge in [-0.05, 0) is 36.1 Å². The summed E-state index contributed by atoms with van der Waals surface area (Å²) >= 11 is 0. The van der Waals surface area contributed by atoms with E-state index >= 15 is 0 Å². The Kier molecular flexibility index (Phi) is 4.90. The van der Waals surface area contributed by atoms with Crippen LogP contribution in [-0.2, 0) is 17.6 Å². The Labute approximate surface area is 128 Å². The highest BCUT2D eigenvalue weighted by atomic mass is 16.4. The van der Waals surface area contributed by atoms with Gasteiger partial charge in [-0.15, -0.1) is 0 Å². The van der Waals surface area contributed by atoms with Gasteiger partial charge in [-0.1, -0.05) is 36.4 Å². The summed E-state index contributed by atoms with van der Waals surface area (Å²) in [4.78, 5) is 11.5. The average Bonchev–Trinajstić information content (AvgIpc) is 2.55. The van der Waals surface area contributed by atoms with E-state index in [9.17, 15) is 9.90 Å². The molecule has 1 N–H and O–H groups in total. The number of aliphatic carboxylic acids is 1. The zero-order chi connectivity index (χ0) is 15.9. The molecule has 0 unspecified atom stereocenters. The van der Waals surface area contributed by atoms with Crippen molar-refractivity contribution in [3.05, 3.63) is 70.8 Å². The van der Waals surface area contributed by atoms with Crippen LogP contribution in [0.3, 0.4) is 0 Å².